The molecule has 2 atom stereocenters. The Balaban J connectivity index is 2.45. The lowest BCUT2D eigenvalue weighted by molar-refractivity contribution is -0.385. The van der Waals surface area contributed by atoms with Gasteiger partial charge in [0.2, 0.25) is 0 Å². The van der Waals surface area contributed by atoms with Crippen LogP contribution in [0.3, 0.4) is 0 Å². The highest BCUT2D eigenvalue weighted by molar-refractivity contribution is 7.86. The number of benzene rings is 2. The molecule has 16 heteroatoms. The van der Waals surface area contributed by atoms with Gasteiger partial charge in [-0.1, -0.05) is 23.7 Å². The third kappa shape index (κ3) is 7.95. The maximum Gasteiger partial charge on any atom is 0.288 e. The fourth-order valence-electron chi connectivity index (χ4n) is 3.46. The van der Waals surface area contributed by atoms with Crippen molar-refractivity contribution in [2.75, 3.05) is 11.5 Å². The fourth-order valence-corrected chi connectivity index (χ4v) is 5.40. The van der Waals surface area contributed by atoms with E-state index in [0.717, 1.165) is 18.2 Å². The summed E-state index contributed by atoms with van der Waals surface area (Å²) in [6, 6.07) is 6.06. The van der Waals surface area contributed by atoms with E-state index in [4.69, 9.17) is 11.6 Å². The lowest BCUT2D eigenvalue weighted by atomic mass is 9.88. The minimum atomic E-state index is -4.71. The summed E-state index contributed by atoms with van der Waals surface area (Å²) >= 11 is 5.66. The molecule has 0 spiro atoms. The van der Waals surface area contributed by atoms with Crippen LogP contribution in [-0.2, 0) is 20.2 Å². The molecule has 2 rings (SSSR count). The monoisotopic (exact) mass is 540 g/mol. The van der Waals surface area contributed by atoms with Gasteiger partial charge in [0.15, 0.2) is 0 Å². The highest BCUT2D eigenvalue weighted by atomic mass is 35.5. The molecule has 2 aromatic carbocycles. The predicted octanol–water partition coefficient (Wildman–Crippen LogP) is 3.72. The van der Waals surface area contributed by atoms with Crippen LogP contribution in [0.5, 0.6) is 0 Å². The molecule has 0 saturated carbocycles. The van der Waals surface area contributed by atoms with Gasteiger partial charge < -0.3 is 0 Å². The molecule has 0 aromatic heterocycles. The molecule has 2 aromatic rings. The smallest absolute Gasteiger partial charge is 0.286 e. The molecule has 0 unspecified atom stereocenters. The molecule has 0 aliphatic rings. The molecule has 0 aliphatic heterocycles. The Bertz CT molecular complexity index is 1300. The number of nitrogens with zero attached hydrogens (tertiary/aromatic N) is 2. The lowest BCUT2D eigenvalue weighted by Gasteiger charge is -2.21. The van der Waals surface area contributed by atoms with Crippen LogP contribution in [0, 0.1) is 26.0 Å². The van der Waals surface area contributed by atoms with E-state index in [-0.39, 0.29) is 24.1 Å². The first-order valence-corrected chi connectivity index (χ1v) is 12.9. The molecule has 2 N–H and O–H groups in total. The number of halogens is 2. The second-order valence-corrected chi connectivity index (χ2v) is 10.8. The first-order valence-electron chi connectivity index (χ1n) is 9.35. The topological polar surface area (TPSA) is 195 Å². The lowest BCUT2D eigenvalue weighted by Crippen LogP contribution is -2.19. The van der Waals surface area contributed by atoms with Gasteiger partial charge in [-0.3, -0.25) is 29.3 Å². The fraction of sp³-hybridized carbons (Fsp3) is 0.333. The zero-order valence-corrected chi connectivity index (χ0v) is 19.5. The van der Waals surface area contributed by atoms with Crippen LogP contribution in [0.1, 0.15) is 35.8 Å². The first kappa shape index (κ1) is 27.5. The van der Waals surface area contributed by atoms with Gasteiger partial charge in [-0.15, -0.1) is 0 Å². The Morgan fingerprint density at radius 1 is 0.882 bits per heavy atom. The minimum Gasteiger partial charge on any atom is -0.286 e. The summed E-state index contributed by atoms with van der Waals surface area (Å²) in [5.74, 6) is -5.32. The van der Waals surface area contributed by atoms with Crippen molar-refractivity contribution in [2.24, 2.45) is 0 Å². The summed E-state index contributed by atoms with van der Waals surface area (Å²) < 4.78 is 79.3. The normalized spacial score (nSPS) is 13.9. The van der Waals surface area contributed by atoms with E-state index in [1.54, 1.807) is 0 Å². The molecule has 34 heavy (non-hydrogen) atoms. The summed E-state index contributed by atoms with van der Waals surface area (Å²) in [4.78, 5) is 20.4. The molecule has 12 nitrogen and oxygen atoms in total. The van der Waals surface area contributed by atoms with Crippen LogP contribution < -0.4 is 0 Å². The molecule has 0 radical (unpaired) electrons. The number of nitro groups is 2. The standard InChI is InChI=1S/C18H18ClFN2O10S2/c19-16-8-17(20)15(7-18(16)22(25)26)13(10-34(30,31)32)2-1-12(9-33(27,28)29)11-3-5-14(6-4-11)21(23)24/h3-8,12-13H,1-2,9-10H2,(H,27,28,29)(H,30,31,32)/t12-,13-/m1/s1. The Morgan fingerprint density at radius 2 is 1.38 bits per heavy atom. The second-order valence-electron chi connectivity index (χ2n) is 7.40. The second kappa shape index (κ2) is 10.7. The Hall–Kier alpha value is -2.72. The van der Waals surface area contributed by atoms with Gasteiger partial charge in [-0.2, -0.15) is 16.8 Å². The molecular weight excluding hydrogens is 523 g/mol. The Labute approximate surface area is 198 Å². The highest BCUT2D eigenvalue weighted by Crippen LogP contribution is 2.36. The summed E-state index contributed by atoms with van der Waals surface area (Å²) in [5.41, 5.74) is -1.18. The van der Waals surface area contributed by atoms with Crippen LogP contribution in [0.2, 0.25) is 5.02 Å². The van der Waals surface area contributed by atoms with E-state index in [1.165, 1.54) is 12.1 Å². The van der Waals surface area contributed by atoms with Crippen molar-refractivity contribution in [1.82, 2.24) is 0 Å². The average Bonchev–Trinajstić information content (AvgIpc) is 2.68. The van der Waals surface area contributed by atoms with Gasteiger partial charge in [0.1, 0.15) is 10.8 Å². The largest absolute Gasteiger partial charge is 0.288 e. The quantitative estimate of drug-likeness (QED) is 0.241. The highest BCUT2D eigenvalue weighted by Gasteiger charge is 2.28. The molecule has 0 fully saturated rings. The van der Waals surface area contributed by atoms with Crippen molar-refractivity contribution in [3.63, 3.8) is 0 Å². The zero-order valence-electron chi connectivity index (χ0n) is 17.1. The number of hydrogen-bond donors (Lipinski definition) is 2. The van der Waals surface area contributed by atoms with Gasteiger partial charge in [-0.05, 0) is 30.0 Å². The Morgan fingerprint density at radius 3 is 1.85 bits per heavy atom. The van der Waals surface area contributed by atoms with E-state index in [0.29, 0.717) is 6.07 Å². The van der Waals surface area contributed by atoms with Crippen molar-refractivity contribution in [1.29, 1.82) is 0 Å². The summed E-state index contributed by atoms with van der Waals surface area (Å²) in [5, 5.41) is 21.5. The molecule has 0 bridgehead atoms. The summed E-state index contributed by atoms with van der Waals surface area (Å²) in [6.07, 6.45) is -0.500. The maximum atomic E-state index is 14.6. The van der Waals surface area contributed by atoms with E-state index in [9.17, 15) is 50.6 Å². The van der Waals surface area contributed by atoms with Crippen molar-refractivity contribution in [2.45, 2.75) is 24.7 Å². The molecule has 0 saturated heterocycles. The van der Waals surface area contributed by atoms with Gasteiger partial charge >= 0.3 is 0 Å². The van der Waals surface area contributed by atoms with E-state index >= 15 is 0 Å². The Kier molecular flexibility index (Phi) is 8.65. The van der Waals surface area contributed by atoms with Crippen LogP contribution in [0.25, 0.3) is 0 Å². The van der Waals surface area contributed by atoms with E-state index < -0.39 is 75.5 Å². The van der Waals surface area contributed by atoms with Crippen LogP contribution in [0.4, 0.5) is 15.8 Å². The molecular formula is C18H18ClFN2O10S2. The third-order valence-electron chi connectivity index (χ3n) is 4.97. The average molecular weight is 541 g/mol. The molecule has 186 valence electrons. The van der Waals surface area contributed by atoms with Crippen molar-refractivity contribution in [3.8, 4) is 0 Å². The van der Waals surface area contributed by atoms with Crippen molar-refractivity contribution in [3.05, 3.63) is 78.6 Å². The van der Waals surface area contributed by atoms with Crippen molar-refractivity contribution < 1.29 is 40.2 Å². The SMILES string of the molecule is O=[N+]([O-])c1ccc([C@H](CC[C@H](CS(=O)(=O)O)c2cc([N+](=O)[O-])c(Cl)cc2F)CS(=O)(=O)O)cc1. The summed E-state index contributed by atoms with van der Waals surface area (Å²) in [6.45, 7) is 0. The molecule has 0 amide bonds. The van der Waals surface area contributed by atoms with Crippen LogP contribution >= 0.6 is 11.6 Å². The van der Waals surface area contributed by atoms with Crippen LogP contribution in [-0.4, -0.2) is 47.3 Å². The number of hydrogen-bond acceptors (Lipinski definition) is 8. The van der Waals surface area contributed by atoms with Gasteiger partial charge in [-0.25, -0.2) is 4.39 Å². The maximum absolute atomic E-state index is 14.6. The number of non-ortho nitro benzene ring substituents is 1. The predicted molar refractivity (Wildman–Crippen MR) is 119 cm³/mol. The summed E-state index contributed by atoms with van der Waals surface area (Å²) in [7, 11) is -9.27. The third-order valence-corrected chi connectivity index (χ3v) is 6.92. The number of rotatable bonds is 11. The molecule has 0 aliphatic carbocycles. The zero-order chi connectivity index (χ0) is 25.8. The number of nitro benzene ring substituents is 2. The first-order chi connectivity index (χ1) is 15.6. The minimum absolute atomic E-state index is 0.201. The van der Waals surface area contributed by atoms with E-state index in [2.05, 4.69) is 0 Å². The van der Waals surface area contributed by atoms with Gasteiger partial charge in [0.05, 0.1) is 21.4 Å². The van der Waals surface area contributed by atoms with Crippen LogP contribution in [0.15, 0.2) is 36.4 Å². The van der Waals surface area contributed by atoms with Crippen molar-refractivity contribution >= 4 is 43.2 Å². The van der Waals surface area contributed by atoms with Gasteiger partial charge in [0.25, 0.3) is 31.6 Å². The van der Waals surface area contributed by atoms with E-state index in [1.807, 2.05) is 0 Å². The molecule has 0 heterocycles. The van der Waals surface area contributed by atoms with Gasteiger partial charge in [0, 0.05) is 30.0 Å².